The first-order chi connectivity index (χ1) is 18.5. The van der Waals surface area contributed by atoms with E-state index in [1.807, 2.05) is 80.6 Å². The summed E-state index contributed by atoms with van der Waals surface area (Å²) in [6.45, 7) is 4.38. The summed E-state index contributed by atoms with van der Waals surface area (Å²) in [5, 5.41) is 2.06. The van der Waals surface area contributed by atoms with Crippen molar-refractivity contribution < 1.29 is 14.3 Å². The Balaban J connectivity index is 1.73. The monoisotopic (exact) mass is 509 g/mol. The lowest BCUT2D eigenvalue weighted by atomic mass is 9.98. The second-order valence-electron chi connectivity index (χ2n) is 9.49. The molecule has 3 aromatic carbocycles. The Morgan fingerprint density at radius 3 is 1.89 bits per heavy atom. The first kappa shape index (κ1) is 25.1. The number of ether oxygens (including phenoxy) is 2. The van der Waals surface area contributed by atoms with E-state index in [4.69, 9.17) is 9.47 Å². The van der Waals surface area contributed by atoms with E-state index >= 15 is 0 Å². The molecule has 5 rings (SSSR count). The molecule has 0 N–H and O–H groups in total. The molecule has 7 heteroatoms. The fourth-order valence-corrected chi connectivity index (χ4v) is 4.84. The average molecular weight is 510 g/mol. The Bertz CT molecular complexity index is 1410. The van der Waals surface area contributed by atoms with Gasteiger partial charge in [0.2, 0.25) is 11.3 Å². The molecule has 4 aromatic rings. The zero-order chi connectivity index (χ0) is 26.6. The van der Waals surface area contributed by atoms with Crippen molar-refractivity contribution in [3.63, 3.8) is 0 Å². The van der Waals surface area contributed by atoms with E-state index in [-0.39, 0.29) is 48.6 Å². The summed E-state index contributed by atoms with van der Waals surface area (Å²) >= 11 is 0. The van der Waals surface area contributed by atoms with Gasteiger partial charge in [0.1, 0.15) is 13.3 Å². The van der Waals surface area contributed by atoms with Crippen LogP contribution >= 0.6 is 0 Å². The van der Waals surface area contributed by atoms with Crippen LogP contribution in [0.15, 0.2) is 102 Å². The molecule has 0 fully saturated rings. The summed E-state index contributed by atoms with van der Waals surface area (Å²) < 4.78 is 13.5. The van der Waals surface area contributed by atoms with Gasteiger partial charge in [-0.25, -0.2) is 4.68 Å². The second kappa shape index (κ2) is 10.8. The molecular weight excluding hydrogens is 478 g/mol. The second-order valence-corrected chi connectivity index (χ2v) is 9.49. The van der Waals surface area contributed by atoms with Gasteiger partial charge in [0.25, 0.3) is 5.91 Å². The van der Waals surface area contributed by atoms with E-state index in [2.05, 4.69) is 29.3 Å². The number of aromatic nitrogens is 1. The standard InChI is InChI=1S/C31H31N3O4/c1-22(2)32-21-33(28(24-15-9-5-10-16-24)25-17-11-6-12-18-25)34-27(37-3)19-26(35)30(29(34)31(32)36)38-20-23-13-7-4-8-14-23/h4-19,22,28H,20-21H2,1-3H3. The third-order valence-electron chi connectivity index (χ3n) is 6.72. The Morgan fingerprint density at radius 2 is 1.37 bits per heavy atom. The van der Waals surface area contributed by atoms with Gasteiger partial charge in [-0.05, 0) is 30.5 Å². The van der Waals surface area contributed by atoms with Crippen LogP contribution in [0.1, 0.15) is 47.1 Å². The molecule has 0 saturated heterocycles. The van der Waals surface area contributed by atoms with Crippen molar-refractivity contribution in [2.45, 2.75) is 32.5 Å². The number of benzene rings is 3. The molecule has 1 amide bonds. The largest absolute Gasteiger partial charge is 0.482 e. The first-order valence-electron chi connectivity index (χ1n) is 12.7. The van der Waals surface area contributed by atoms with Crippen LogP contribution in [0.25, 0.3) is 0 Å². The van der Waals surface area contributed by atoms with Crippen LogP contribution in [0.3, 0.4) is 0 Å². The highest BCUT2D eigenvalue weighted by Gasteiger charge is 2.40. The number of carbonyl (C=O) groups excluding carboxylic acids is 1. The van der Waals surface area contributed by atoms with E-state index < -0.39 is 5.43 Å². The summed E-state index contributed by atoms with van der Waals surface area (Å²) in [5.41, 5.74) is 2.72. The van der Waals surface area contributed by atoms with Crippen LogP contribution in [0.2, 0.25) is 0 Å². The van der Waals surface area contributed by atoms with Crippen LogP contribution in [-0.4, -0.2) is 35.3 Å². The predicted octanol–water partition coefficient (Wildman–Crippen LogP) is 4.99. The number of nitrogens with zero attached hydrogens (tertiary/aromatic N) is 3. The fourth-order valence-electron chi connectivity index (χ4n) is 4.84. The van der Waals surface area contributed by atoms with Gasteiger partial charge in [-0.1, -0.05) is 91.0 Å². The molecule has 0 bridgehead atoms. The molecule has 0 atom stereocenters. The number of methoxy groups -OCH3 is 1. The third kappa shape index (κ3) is 4.75. The summed E-state index contributed by atoms with van der Waals surface area (Å²) in [7, 11) is 1.50. The molecule has 0 spiro atoms. The zero-order valence-electron chi connectivity index (χ0n) is 21.8. The molecule has 0 radical (unpaired) electrons. The van der Waals surface area contributed by atoms with Gasteiger partial charge in [0, 0.05) is 6.04 Å². The Labute approximate surface area is 222 Å². The molecule has 194 valence electrons. The smallest absolute Gasteiger partial charge is 0.278 e. The molecule has 0 saturated carbocycles. The molecule has 1 aliphatic rings. The molecule has 2 heterocycles. The molecule has 1 aromatic heterocycles. The Kier molecular flexibility index (Phi) is 7.18. The number of amides is 1. The topological polar surface area (TPSA) is 64.0 Å². The van der Waals surface area contributed by atoms with Crippen LogP contribution in [-0.2, 0) is 6.61 Å². The minimum absolute atomic E-state index is 0.00914. The average Bonchev–Trinajstić information content (AvgIpc) is 2.95. The van der Waals surface area contributed by atoms with Crippen molar-refractivity contribution in [1.29, 1.82) is 0 Å². The van der Waals surface area contributed by atoms with Gasteiger partial charge in [-0.15, -0.1) is 0 Å². The highest BCUT2D eigenvalue weighted by Crippen LogP contribution is 2.35. The van der Waals surface area contributed by atoms with Crippen LogP contribution in [0.5, 0.6) is 11.6 Å². The minimum Gasteiger partial charge on any atom is -0.482 e. The lowest BCUT2D eigenvalue weighted by molar-refractivity contribution is 0.0610. The van der Waals surface area contributed by atoms with Crippen molar-refractivity contribution in [3.05, 3.63) is 130 Å². The number of hydrogen-bond donors (Lipinski definition) is 0. The van der Waals surface area contributed by atoms with E-state index in [1.54, 1.807) is 9.58 Å². The van der Waals surface area contributed by atoms with Crippen molar-refractivity contribution >= 4 is 5.91 Å². The molecule has 0 aliphatic carbocycles. The minimum atomic E-state index is -0.404. The lowest BCUT2D eigenvalue weighted by Gasteiger charge is -2.45. The summed E-state index contributed by atoms with van der Waals surface area (Å²) in [6.07, 6.45) is 0. The van der Waals surface area contributed by atoms with Gasteiger partial charge in [0.05, 0.1) is 19.2 Å². The molecule has 38 heavy (non-hydrogen) atoms. The summed E-state index contributed by atoms with van der Waals surface area (Å²) in [4.78, 5) is 29.0. The number of pyridine rings is 1. The van der Waals surface area contributed by atoms with E-state index in [0.717, 1.165) is 16.7 Å². The lowest BCUT2D eigenvalue weighted by Crippen LogP contribution is -2.57. The number of carbonyl (C=O) groups is 1. The molecule has 1 aliphatic heterocycles. The van der Waals surface area contributed by atoms with E-state index in [1.165, 1.54) is 13.2 Å². The first-order valence-corrected chi connectivity index (χ1v) is 12.7. The quantitative estimate of drug-likeness (QED) is 0.335. The van der Waals surface area contributed by atoms with E-state index in [9.17, 15) is 9.59 Å². The molecule has 7 nitrogen and oxygen atoms in total. The van der Waals surface area contributed by atoms with Crippen molar-refractivity contribution in [3.8, 4) is 11.6 Å². The van der Waals surface area contributed by atoms with Gasteiger partial charge in [-0.2, -0.15) is 0 Å². The number of hydrogen-bond acceptors (Lipinski definition) is 5. The van der Waals surface area contributed by atoms with Crippen LogP contribution in [0, 0.1) is 0 Å². The number of fused-ring (bicyclic) bond motifs is 1. The van der Waals surface area contributed by atoms with Crippen molar-refractivity contribution in [1.82, 2.24) is 9.58 Å². The highest BCUT2D eigenvalue weighted by molar-refractivity contribution is 5.96. The van der Waals surface area contributed by atoms with Gasteiger partial charge < -0.3 is 14.4 Å². The van der Waals surface area contributed by atoms with Crippen molar-refractivity contribution in [2.75, 3.05) is 18.8 Å². The van der Waals surface area contributed by atoms with Gasteiger partial charge in [0.15, 0.2) is 11.4 Å². The maximum absolute atomic E-state index is 14.0. The van der Waals surface area contributed by atoms with Crippen LogP contribution < -0.4 is 19.9 Å². The molecule has 0 unspecified atom stereocenters. The third-order valence-corrected chi connectivity index (χ3v) is 6.72. The summed E-state index contributed by atoms with van der Waals surface area (Å²) in [5.74, 6) is -0.00394. The molecular formula is C31H31N3O4. The van der Waals surface area contributed by atoms with Crippen molar-refractivity contribution in [2.24, 2.45) is 0 Å². The zero-order valence-corrected chi connectivity index (χ0v) is 21.8. The SMILES string of the molecule is COc1cc(=O)c(OCc2ccccc2)c2n1N(C(c1ccccc1)c1ccccc1)CN(C(C)C)C2=O. The highest BCUT2D eigenvalue weighted by atomic mass is 16.5. The Hall–Kier alpha value is -4.52. The maximum atomic E-state index is 14.0. The maximum Gasteiger partial charge on any atom is 0.278 e. The van der Waals surface area contributed by atoms with Gasteiger partial charge in [-0.3, -0.25) is 14.6 Å². The fraction of sp³-hybridized carbons (Fsp3) is 0.226. The van der Waals surface area contributed by atoms with Gasteiger partial charge >= 0.3 is 0 Å². The Morgan fingerprint density at radius 1 is 0.816 bits per heavy atom. The van der Waals surface area contributed by atoms with E-state index in [0.29, 0.717) is 0 Å². The predicted molar refractivity (Wildman–Crippen MR) is 147 cm³/mol. The summed E-state index contributed by atoms with van der Waals surface area (Å²) in [6, 6.07) is 30.8. The normalized spacial score (nSPS) is 13.1. The number of rotatable bonds is 8. The van der Waals surface area contributed by atoms with Crippen LogP contribution in [0.4, 0.5) is 0 Å².